The van der Waals surface area contributed by atoms with Crippen molar-refractivity contribution in [3.05, 3.63) is 0 Å². The summed E-state index contributed by atoms with van der Waals surface area (Å²) in [6.45, 7) is 3.69. The molecule has 82 valence electrons. The Morgan fingerprint density at radius 2 is 2.43 bits per heavy atom. The molecule has 0 bridgehead atoms. The van der Waals surface area contributed by atoms with Gasteiger partial charge in [-0.15, -0.1) is 0 Å². The minimum absolute atomic E-state index is 0.144. The van der Waals surface area contributed by atoms with Crippen LogP contribution in [0, 0.1) is 5.92 Å². The number of hydrogen-bond donors (Lipinski definition) is 2. The third-order valence-electron chi connectivity index (χ3n) is 2.68. The van der Waals surface area contributed by atoms with Crippen molar-refractivity contribution in [2.75, 3.05) is 33.2 Å². The van der Waals surface area contributed by atoms with Crippen molar-refractivity contribution in [2.45, 2.75) is 19.3 Å². The Morgan fingerprint density at radius 3 is 3.00 bits per heavy atom. The molecule has 1 heterocycles. The zero-order valence-electron chi connectivity index (χ0n) is 8.96. The van der Waals surface area contributed by atoms with Crippen LogP contribution in [0.2, 0.25) is 0 Å². The minimum atomic E-state index is 0.144. The molecule has 0 saturated carbocycles. The van der Waals surface area contributed by atoms with Gasteiger partial charge in [0.05, 0.1) is 0 Å². The predicted molar refractivity (Wildman–Crippen MR) is 56.9 cm³/mol. The molecule has 0 aromatic rings. The number of nitrogens with one attached hydrogen (secondary N) is 1. The van der Waals surface area contributed by atoms with Crippen LogP contribution in [0.3, 0.4) is 0 Å². The monoisotopic (exact) mass is 199 g/mol. The summed E-state index contributed by atoms with van der Waals surface area (Å²) in [6, 6.07) is 0. The average Bonchev–Trinajstić information content (AvgIpc) is 2.58. The number of nitrogens with two attached hydrogens (primary N) is 1. The van der Waals surface area contributed by atoms with E-state index in [1.54, 1.807) is 0 Å². The van der Waals surface area contributed by atoms with E-state index < -0.39 is 0 Å². The zero-order valence-corrected chi connectivity index (χ0v) is 8.96. The van der Waals surface area contributed by atoms with Crippen molar-refractivity contribution < 1.29 is 4.79 Å². The molecule has 0 aromatic carbocycles. The summed E-state index contributed by atoms with van der Waals surface area (Å²) in [7, 11) is 2.12. The highest BCUT2D eigenvalue weighted by Crippen LogP contribution is 2.12. The van der Waals surface area contributed by atoms with Gasteiger partial charge in [0.25, 0.3) is 0 Å². The van der Waals surface area contributed by atoms with E-state index in [2.05, 4.69) is 17.3 Å². The van der Waals surface area contributed by atoms with Crippen molar-refractivity contribution in [3.63, 3.8) is 0 Å². The fraction of sp³-hybridized carbons (Fsp3) is 0.900. The highest BCUT2D eigenvalue weighted by molar-refractivity contribution is 5.75. The molecule has 1 aliphatic heterocycles. The maximum absolute atomic E-state index is 11.3. The first kappa shape index (κ1) is 11.5. The quantitative estimate of drug-likeness (QED) is 0.644. The van der Waals surface area contributed by atoms with Crippen molar-refractivity contribution in [1.82, 2.24) is 10.2 Å². The van der Waals surface area contributed by atoms with Crippen LogP contribution in [0.1, 0.15) is 19.3 Å². The SMILES string of the molecule is CN1CCC(CNC(=O)CCCN)C1. The lowest BCUT2D eigenvalue weighted by atomic mass is 10.1. The fourth-order valence-corrected chi connectivity index (χ4v) is 1.80. The number of amides is 1. The summed E-state index contributed by atoms with van der Waals surface area (Å²) in [6.07, 6.45) is 2.56. The summed E-state index contributed by atoms with van der Waals surface area (Å²) < 4.78 is 0. The zero-order chi connectivity index (χ0) is 10.4. The number of hydrogen-bond acceptors (Lipinski definition) is 3. The number of likely N-dealkylation sites (tertiary alicyclic amines) is 1. The minimum Gasteiger partial charge on any atom is -0.356 e. The molecular formula is C10H21N3O. The molecular weight excluding hydrogens is 178 g/mol. The summed E-state index contributed by atoms with van der Waals surface area (Å²) in [4.78, 5) is 13.6. The number of carbonyl (C=O) groups is 1. The maximum atomic E-state index is 11.3. The van der Waals surface area contributed by atoms with Gasteiger partial charge in [-0.3, -0.25) is 4.79 Å². The topological polar surface area (TPSA) is 58.4 Å². The lowest BCUT2D eigenvalue weighted by Crippen LogP contribution is -2.30. The second-order valence-electron chi connectivity index (χ2n) is 4.11. The van der Waals surface area contributed by atoms with E-state index in [0.29, 0.717) is 18.9 Å². The first-order valence-corrected chi connectivity index (χ1v) is 5.37. The number of rotatable bonds is 5. The molecule has 1 amide bonds. The fourth-order valence-electron chi connectivity index (χ4n) is 1.80. The Hall–Kier alpha value is -0.610. The van der Waals surface area contributed by atoms with E-state index in [0.717, 1.165) is 26.1 Å². The normalized spacial score (nSPS) is 22.6. The van der Waals surface area contributed by atoms with E-state index in [-0.39, 0.29) is 5.91 Å². The largest absolute Gasteiger partial charge is 0.356 e. The Morgan fingerprint density at radius 1 is 1.64 bits per heavy atom. The van der Waals surface area contributed by atoms with Gasteiger partial charge in [-0.2, -0.15) is 0 Å². The highest BCUT2D eigenvalue weighted by Gasteiger charge is 2.19. The van der Waals surface area contributed by atoms with Crippen LogP contribution >= 0.6 is 0 Å². The van der Waals surface area contributed by atoms with E-state index in [4.69, 9.17) is 5.73 Å². The van der Waals surface area contributed by atoms with Crippen molar-refractivity contribution >= 4 is 5.91 Å². The third-order valence-corrected chi connectivity index (χ3v) is 2.68. The third kappa shape index (κ3) is 4.07. The van der Waals surface area contributed by atoms with Crippen LogP contribution in [0.25, 0.3) is 0 Å². The maximum Gasteiger partial charge on any atom is 0.220 e. The standard InChI is InChI=1S/C10H21N3O/c1-13-6-4-9(8-13)7-12-10(14)3-2-5-11/h9H,2-8,11H2,1H3,(H,12,14). The van der Waals surface area contributed by atoms with Gasteiger partial charge in [-0.05, 0) is 38.9 Å². The summed E-state index contributed by atoms with van der Waals surface area (Å²) >= 11 is 0. The lowest BCUT2D eigenvalue weighted by molar-refractivity contribution is -0.121. The van der Waals surface area contributed by atoms with Gasteiger partial charge in [0.1, 0.15) is 0 Å². The Kier molecular flexibility index (Phi) is 4.90. The highest BCUT2D eigenvalue weighted by atomic mass is 16.1. The van der Waals surface area contributed by atoms with Gasteiger partial charge >= 0.3 is 0 Å². The molecule has 1 rings (SSSR count). The van der Waals surface area contributed by atoms with Crippen LogP contribution in [0.15, 0.2) is 0 Å². The Balaban J connectivity index is 2.05. The number of nitrogens with zero attached hydrogens (tertiary/aromatic N) is 1. The second kappa shape index (κ2) is 5.98. The van der Waals surface area contributed by atoms with E-state index in [1.807, 2.05) is 0 Å². The molecule has 4 nitrogen and oxygen atoms in total. The Labute approximate surface area is 85.8 Å². The van der Waals surface area contributed by atoms with Gasteiger partial charge < -0.3 is 16.0 Å². The van der Waals surface area contributed by atoms with E-state index in [1.165, 1.54) is 6.42 Å². The Bertz CT molecular complexity index is 184. The molecule has 0 radical (unpaired) electrons. The van der Waals surface area contributed by atoms with Gasteiger partial charge in [0.15, 0.2) is 0 Å². The van der Waals surface area contributed by atoms with Crippen LogP contribution in [0.4, 0.5) is 0 Å². The molecule has 3 N–H and O–H groups in total. The molecule has 1 saturated heterocycles. The predicted octanol–water partition coefficient (Wildman–Crippen LogP) is -0.207. The van der Waals surface area contributed by atoms with Crippen LogP contribution in [-0.2, 0) is 4.79 Å². The smallest absolute Gasteiger partial charge is 0.220 e. The molecule has 0 aromatic heterocycles. The first-order valence-electron chi connectivity index (χ1n) is 5.37. The molecule has 0 aliphatic carbocycles. The molecule has 1 atom stereocenters. The molecule has 4 heteroatoms. The van der Waals surface area contributed by atoms with Crippen LogP contribution < -0.4 is 11.1 Å². The summed E-state index contributed by atoms with van der Waals surface area (Å²) in [5, 5.41) is 2.96. The van der Waals surface area contributed by atoms with Gasteiger partial charge in [0, 0.05) is 19.5 Å². The van der Waals surface area contributed by atoms with Crippen LogP contribution in [-0.4, -0.2) is 44.0 Å². The summed E-state index contributed by atoms with van der Waals surface area (Å²) in [5.41, 5.74) is 5.33. The van der Waals surface area contributed by atoms with Crippen molar-refractivity contribution in [1.29, 1.82) is 0 Å². The van der Waals surface area contributed by atoms with E-state index in [9.17, 15) is 4.79 Å². The van der Waals surface area contributed by atoms with E-state index >= 15 is 0 Å². The second-order valence-corrected chi connectivity index (χ2v) is 4.11. The first-order chi connectivity index (χ1) is 6.72. The van der Waals surface area contributed by atoms with Crippen molar-refractivity contribution in [3.8, 4) is 0 Å². The number of carbonyl (C=O) groups excluding carboxylic acids is 1. The van der Waals surface area contributed by atoms with Crippen LogP contribution in [0.5, 0.6) is 0 Å². The molecule has 1 fully saturated rings. The van der Waals surface area contributed by atoms with Gasteiger partial charge in [-0.25, -0.2) is 0 Å². The van der Waals surface area contributed by atoms with Gasteiger partial charge in [0.2, 0.25) is 5.91 Å². The molecule has 0 spiro atoms. The van der Waals surface area contributed by atoms with Crippen molar-refractivity contribution in [2.24, 2.45) is 11.7 Å². The average molecular weight is 199 g/mol. The van der Waals surface area contributed by atoms with Gasteiger partial charge in [-0.1, -0.05) is 0 Å². The molecule has 14 heavy (non-hydrogen) atoms. The summed E-state index contributed by atoms with van der Waals surface area (Å²) in [5.74, 6) is 0.784. The lowest BCUT2D eigenvalue weighted by Gasteiger charge is -2.11. The molecule has 1 aliphatic rings. The molecule has 1 unspecified atom stereocenters.